The average Bonchev–Trinajstić information content (AvgIpc) is 3.08. The molecule has 1 N–H and O–H groups in total. The van der Waals surface area contributed by atoms with Gasteiger partial charge in [-0.05, 0) is 24.1 Å². The first-order valence-electron chi connectivity index (χ1n) is 9.00. The zero-order valence-corrected chi connectivity index (χ0v) is 16.8. The summed E-state index contributed by atoms with van der Waals surface area (Å²) in [6.45, 7) is 3.44. The molecule has 0 radical (unpaired) electrons. The van der Waals surface area contributed by atoms with Gasteiger partial charge in [-0.2, -0.15) is 5.10 Å². The van der Waals surface area contributed by atoms with Crippen LogP contribution < -0.4 is 10.9 Å². The third-order valence-corrected chi connectivity index (χ3v) is 4.82. The minimum Gasteiger partial charge on any atom is -0.354 e. The lowest BCUT2D eigenvalue weighted by molar-refractivity contribution is -0.121. The van der Waals surface area contributed by atoms with Crippen LogP contribution >= 0.6 is 15.9 Å². The number of hydrogen-bond acceptors (Lipinski definition) is 4. The van der Waals surface area contributed by atoms with E-state index in [4.69, 9.17) is 0 Å². The first-order chi connectivity index (χ1) is 13.1. The predicted octanol–water partition coefficient (Wildman–Crippen LogP) is 2.71. The van der Waals surface area contributed by atoms with Gasteiger partial charge in [-0.25, -0.2) is 9.67 Å². The van der Waals surface area contributed by atoms with Gasteiger partial charge in [-0.15, -0.1) is 0 Å². The van der Waals surface area contributed by atoms with Crippen molar-refractivity contribution in [1.82, 2.24) is 24.6 Å². The topological polar surface area (TPSA) is 81.8 Å². The molecule has 0 atom stereocenters. The fourth-order valence-corrected chi connectivity index (χ4v) is 3.05. The van der Waals surface area contributed by atoms with Crippen LogP contribution in [0.2, 0.25) is 0 Å². The molecule has 0 unspecified atom stereocenters. The number of amides is 1. The largest absolute Gasteiger partial charge is 0.354 e. The molecule has 1 amide bonds. The van der Waals surface area contributed by atoms with E-state index in [0.717, 1.165) is 22.9 Å². The summed E-state index contributed by atoms with van der Waals surface area (Å²) in [5, 5.41) is 7.61. The van der Waals surface area contributed by atoms with Crippen molar-refractivity contribution in [3.8, 4) is 0 Å². The lowest BCUT2D eigenvalue weighted by Gasteiger charge is -2.07. The van der Waals surface area contributed by atoms with E-state index >= 15 is 0 Å². The summed E-state index contributed by atoms with van der Waals surface area (Å²) in [6.07, 6.45) is 5.51. The number of carbonyl (C=O) groups is 1. The molecule has 0 saturated carbocycles. The van der Waals surface area contributed by atoms with Crippen molar-refractivity contribution >= 4 is 32.9 Å². The molecule has 7 nitrogen and oxygen atoms in total. The molecule has 27 heavy (non-hydrogen) atoms. The van der Waals surface area contributed by atoms with Crippen molar-refractivity contribution in [1.29, 1.82) is 0 Å². The summed E-state index contributed by atoms with van der Waals surface area (Å²) >= 11 is 3.40. The van der Waals surface area contributed by atoms with Gasteiger partial charge >= 0.3 is 0 Å². The molecule has 0 aliphatic heterocycles. The minimum atomic E-state index is -0.124. The van der Waals surface area contributed by atoms with E-state index in [1.165, 1.54) is 0 Å². The van der Waals surface area contributed by atoms with Crippen molar-refractivity contribution in [3.05, 3.63) is 57.2 Å². The smallest absolute Gasteiger partial charge is 0.264 e. The Morgan fingerprint density at radius 3 is 2.78 bits per heavy atom. The molecule has 2 aromatic heterocycles. The van der Waals surface area contributed by atoms with Crippen LogP contribution in [0.1, 0.15) is 31.7 Å². The molecule has 0 aliphatic carbocycles. The molecule has 3 aromatic rings. The van der Waals surface area contributed by atoms with Crippen LogP contribution in [0.15, 0.2) is 46.1 Å². The third-order valence-electron chi connectivity index (χ3n) is 4.29. The predicted molar refractivity (Wildman–Crippen MR) is 108 cm³/mol. The number of carbonyl (C=O) groups excluding carboxylic acids is 1. The first kappa shape index (κ1) is 19.3. The first-order valence-corrected chi connectivity index (χ1v) is 9.80. The van der Waals surface area contributed by atoms with Gasteiger partial charge in [-0.1, -0.05) is 41.4 Å². The van der Waals surface area contributed by atoms with Gasteiger partial charge < -0.3 is 5.32 Å². The standard InChI is InChI=1S/C19H22BrN5O2/c1-2-3-4-17(26)21-9-10-25-18-16(11-23-25)19(27)24(13-22-18)12-14-5-7-15(20)8-6-14/h5-8,11,13H,2-4,9-10,12H2,1H3,(H,21,26). The lowest BCUT2D eigenvalue weighted by atomic mass is 10.2. The minimum absolute atomic E-state index is 0.0399. The molecule has 1 aromatic carbocycles. The second kappa shape index (κ2) is 8.94. The maximum atomic E-state index is 12.7. The Labute approximate surface area is 165 Å². The SMILES string of the molecule is CCCCC(=O)NCCn1ncc2c(=O)n(Cc3ccc(Br)cc3)cnc21. The quantitative estimate of drug-likeness (QED) is 0.594. The van der Waals surface area contributed by atoms with Gasteiger partial charge in [0.05, 0.1) is 19.3 Å². The maximum absolute atomic E-state index is 12.7. The number of nitrogens with one attached hydrogen (secondary N) is 1. The Kier molecular flexibility index (Phi) is 6.39. The van der Waals surface area contributed by atoms with E-state index in [1.807, 2.05) is 24.3 Å². The van der Waals surface area contributed by atoms with Gasteiger partial charge in [0.25, 0.3) is 5.56 Å². The van der Waals surface area contributed by atoms with Gasteiger partial charge in [-0.3, -0.25) is 14.2 Å². The maximum Gasteiger partial charge on any atom is 0.264 e. The third kappa shape index (κ3) is 4.82. The highest BCUT2D eigenvalue weighted by Crippen LogP contribution is 2.12. The number of unbranched alkanes of at least 4 members (excludes halogenated alkanes) is 1. The lowest BCUT2D eigenvalue weighted by Crippen LogP contribution is -2.27. The molecule has 0 bridgehead atoms. The Morgan fingerprint density at radius 2 is 2.04 bits per heavy atom. The van der Waals surface area contributed by atoms with Gasteiger partial charge in [0.15, 0.2) is 5.65 Å². The average molecular weight is 432 g/mol. The highest BCUT2D eigenvalue weighted by Gasteiger charge is 2.10. The van der Waals surface area contributed by atoms with Crippen molar-refractivity contribution in [3.63, 3.8) is 0 Å². The van der Waals surface area contributed by atoms with Crippen LogP contribution in [0.5, 0.6) is 0 Å². The fourth-order valence-electron chi connectivity index (χ4n) is 2.79. The van der Waals surface area contributed by atoms with Gasteiger partial charge in [0.1, 0.15) is 11.7 Å². The second-order valence-electron chi connectivity index (χ2n) is 6.36. The molecule has 2 heterocycles. The molecular formula is C19H22BrN5O2. The summed E-state index contributed by atoms with van der Waals surface area (Å²) in [6, 6.07) is 7.81. The van der Waals surface area contributed by atoms with Crippen LogP contribution in [0.3, 0.4) is 0 Å². The van der Waals surface area contributed by atoms with Gasteiger partial charge in [0.2, 0.25) is 5.91 Å². The molecular weight excluding hydrogens is 410 g/mol. The number of rotatable bonds is 8. The van der Waals surface area contributed by atoms with Crippen LogP contribution in [-0.4, -0.2) is 31.8 Å². The summed E-state index contributed by atoms with van der Waals surface area (Å²) in [7, 11) is 0. The monoisotopic (exact) mass is 431 g/mol. The summed E-state index contributed by atoms with van der Waals surface area (Å²) in [5.41, 5.74) is 1.43. The number of hydrogen-bond donors (Lipinski definition) is 1. The molecule has 3 rings (SSSR count). The number of benzene rings is 1. The number of nitrogens with zero attached hydrogens (tertiary/aromatic N) is 4. The highest BCUT2D eigenvalue weighted by atomic mass is 79.9. The molecule has 8 heteroatoms. The van der Waals surface area contributed by atoms with E-state index < -0.39 is 0 Å². The summed E-state index contributed by atoms with van der Waals surface area (Å²) in [4.78, 5) is 28.8. The summed E-state index contributed by atoms with van der Waals surface area (Å²) < 4.78 is 4.22. The fraction of sp³-hybridized carbons (Fsp3) is 0.368. The Hall–Kier alpha value is -2.48. The molecule has 0 fully saturated rings. The van der Waals surface area contributed by atoms with Crippen LogP contribution in [0.25, 0.3) is 11.0 Å². The Balaban J connectivity index is 1.70. The number of fused-ring (bicyclic) bond motifs is 1. The number of aromatic nitrogens is 4. The van der Waals surface area contributed by atoms with Crippen LogP contribution in [0.4, 0.5) is 0 Å². The van der Waals surface area contributed by atoms with Crippen LogP contribution in [0, 0.1) is 0 Å². The highest BCUT2D eigenvalue weighted by molar-refractivity contribution is 9.10. The van der Waals surface area contributed by atoms with E-state index in [0.29, 0.717) is 37.1 Å². The second-order valence-corrected chi connectivity index (χ2v) is 7.28. The molecule has 142 valence electrons. The Bertz CT molecular complexity index is 978. The Morgan fingerprint density at radius 1 is 1.26 bits per heavy atom. The summed E-state index contributed by atoms with van der Waals surface area (Å²) in [5.74, 6) is 0.0399. The van der Waals surface area contributed by atoms with Crippen molar-refractivity contribution in [2.45, 2.75) is 39.3 Å². The van der Waals surface area contributed by atoms with Crippen molar-refractivity contribution < 1.29 is 4.79 Å². The van der Waals surface area contributed by atoms with E-state index in [9.17, 15) is 9.59 Å². The van der Waals surface area contributed by atoms with E-state index in [2.05, 4.69) is 38.3 Å². The zero-order valence-electron chi connectivity index (χ0n) is 15.2. The zero-order chi connectivity index (χ0) is 19.2. The van der Waals surface area contributed by atoms with E-state index in [1.54, 1.807) is 21.8 Å². The molecule has 0 spiro atoms. The normalized spacial score (nSPS) is 11.0. The van der Waals surface area contributed by atoms with Crippen molar-refractivity contribution in [2.75, 3.05) is 6.54 Å². The van der Waals surface area contributed by atoms with E-state index in [-0.39, 0.29) is 11.5 Å². The molecule has 0 aliphatic rings. The van der Waals surface area contributed by atoms with Crippen LogP contribution in [-0.2, 0) is 17.9 Å². The number of halogens is 1. The van der Waals surface area contributed by atoms with Crippen molar-refractivity contribution in [2.24, 2.45) is 0 Å². The molecule has 0 saturated heterocycles. The van der Waals surface area contributed by atoms with Gasteiger partial charge in [0, 0.05) is 17.4 Å².